The summed E-state index contributed by atoms with van der Waals surface area (Å²) in [7, 11) is 0. The summed E-state index contributed by atoms with van der Waals surface area (Å²) in [5.74, 6) is 0. The highest BCUT2D eigenvalue weighted by Gasteiger charge is 2.00. The number of benzene rings is 2. The van der Waals surface area contributed by atoms with Crippen molar-refractivity contribution in [2.24, 2.45) is 5.73 Å². The molecular weight excluding hydrogens is 368 g/mol. The van der Waals surface area contributed by atoms with Gasteiger partial charge < -0.3 is 11.5 Å². The summed E-state index contributed by atoms with van der Waals surface area (Å²) in [6.45, 7) is 5.79. The molecule has 0 amide bonds. The first-order valence-electron chi connectivity index (χ1n) is 10.6. The number of hydrogen-bond donors (Lipinski definition) is 2. The van der Waals surface area contributed by atoms with E-state index in [9.17, 15) is 0 Å². The van der Waals surface area contributed by atoms with Crippen molar-refractivity contribution >= 4 is 22.3 Å². The molecule has 1 saturated carbocycles. The van der Waals surface area contributed by atoms with E-state index in [4.69, 9.17) is 16.7 Å². The molecule has 1 aliphatic rings. The summed E-state index contributed by atoms with van der Waals surface area (Å²) >= 11 is 0. The molecule has 0 bridgehead atoms. The molecule has 1 aliphatic carbocycles. The van der Waals surface area contributed by atoms with E-state index < -0.39 is 0 Å². The quantitative estimate of drug-likeness (QED) is 0.535. The van der Waals surface area contributed by atoms with Crippen LogP contribution in [0.25, 0.3) is 16.6 Å². The Bertz CT molecular complexity index is 969. The van der Waals surface area contributed by atoms with Crippen molar-refractivity contribution in [3.63, 3.8) is 0 Å². The van der Waals surface area contributed by atoms with Crippen molar-refractivity contribution in [2.45, 2.75) is 51.9 Å². The van der Waals surface area contributed by atoms with E-state index in [0.29, 0.717) is 17.1 Å². The van der Waals surface area contributed by atoms with Crippen LogP contribution in [0.5, 0.6) is 0 Å². The van der Waals surface area contributed by atoms with Gasteiger partial charge in [0.2, 0.25) is 0 Å². The molecule has 156 valence electrons. The van der Waals surface area contributed by atoms with Crippen LogP contribution in [0, 0.1) is 11.3 Å². The van der Waals surface area contributed by atoms with Crippen LogP contribution < -0.4 is 11.5 Å². The Balaban J connectivity index is 0.000000171. The lowest BCUT2D eigenvalue weighted by Gasteiger charge is -2.05. The molecule has 4 nitrogen and oxygen atoms in total. The normalized spacial score (nSPS) is 12.5. The Morgan fingerprint density at radius 2 is 1.57 bits per heavy atom. The predicted octanol–water partition coefficient (Wildman–Crippen LogP) is 6.21. The van der Waals surface area contributed by atoms with Gasteiger partial charge in [-0.3, -0.25) is 0 Å². The SMILES string of the molecule is C1CCCCC1.C=C(N)c1ccc(CC)cc1.N#Cc1cc(N)c2ccccc2n1. The van der Waals surface area contributed by atoms with Gasteiger partial charge in [-0.15, -0.1) is 0 Å². The number of pyridine rings is 1. The van der Waals surface area contributed by atoms with Gasteiger partial charge >= 0.3 is 0 Å². The average molecular weight is 401 g/mol. The third-order valence-corrected chi connectivity index (χ3v) is 5.10. The second-order valence-electron chi connectivity index (χ2n) is 7.42. The Labute approximate surface area is 180 Å². The minimum atomic E-state index is 0.358. The summed E-state index contributed by atoms with van der Waals surface area (Å²) in [6, 6.07) is 19.2. The Kier molecular flexibility index (Phi) is 9.40. The number of rotatable bonds is 2. The monoisotopic (exact) mass is 400 g/mol. The van der Waals surface area contributed by atoms with E-state index in [1.165, 1.54) is 44.1 Å². The average Bonchev–Trinajstić information content (AvgIpc) is 2.81. The summed E-state index contributed by atoms with van der Waals surface area (Å²) < 4.78 is 0. The van der Waals surface area contributed by atoms with E-state index in [2.05, 4.69) is 30.6 Å². The minimum absolute atomic E-state index is 0.358. The molecule has 1 aromatic heterocycles. The number of fused-ring (bicyclic) bond motifs is 1. The fourth-order valence-corrected chi connectivity index (χ4v) is 3.27. The first kappa shape index (κ1) is 23.0. The Hall–Kier alpha value is -3.32. The maximum absolute atomic E-state index is 8.65. The lowest BCUT2D eigenvalue weighted by Crippen LogP contribution is -1.93. The summed E-state index contributed by atoms with van der Waals surface area (Å²) in [4.78, 5) is 4.11. The largest absolute Gasteiger partial charge is 0.399 e. The van der Waals surface area contributed by atoms with Crippen molar-refractivity contribution < 1.29 is 0 Å². The smallest absolute Gasteiger partial charge is 0.143 e. The van der Waals surface area contributed by atoms with E-state index in [-0.39, 0.29) is 0 Å². The van der Waals surface area contributed by atoms with Crippen molar-refractivity contribution in [3.8, 4) is 6.07 Å². The molecule has 0 saturated heterocycles. The second kappa shape index (κ2) is 12.3. The molecule has 0 radical (unpaired) electrons. The molecule has 4 heteroatoms. The maximum Gasteiger partial charge on any atom is 0.143 e. The number of hydrogen-bond acceptors (Lipinski definition) is 4. The Morgan fingerprint density at radius 3 is 2.07 bits per heavy atom. The van der Waals surface area contributed by atoms with Crippen molar-refractivity contribution in [1.29, 1.82) is 5.26 Å². The summed E-state index contributed by atoms with van der Waals surface area (Å²) in [5.41, 5.74) is 15.9. The van der Waals surface area contributed by atoms with Crippen LogP contribution in [0.2, 0.25) is 0 Å². The first-order valence-corrected chi connectivity index (χ1v) is 10.6. The molecule has 4 N–H and O–H groups in total. The van der Waals surface area contributed by atoms with Gasteiger partial charge in [-0.1, -0.05) is 94.5 Å². The van der Waals surface area contributed by atoms with Crippen LogP contribution >= 0.6 is 0 Å². The van der Waals surface area contributed by atoms with Crippen LogP contribution in [0.4, 0.5) is 5.69 Å². The minimum Gasteiger partial charge on any atom is -0.399 e. The molecule has 0 unspecified atom stereocenters. The molecular formula is C26H32N4. The van der Waals surface area contributed by atoms with Gasteiger partial charge in [-0.25, -0.2) is 4.98 Å². The van der Waals surface area contributed by atoms with Crippen molar-refractivity contribution in [1.82, 2.24) is 4.98 Å². The zero-order valence-electron chi connectivity index (χ0n) is 17.9. The van der Waals surface area contributed by atoms with Crippen molar-refractivity contribution in [2.75, 3.05) is 5.73 Å². The number of nitriles is 1. The summed E-state index contributed by atoms with van der Waals surface area (Å²) in [5, 5.41) is 9.54. The molecule has 1 fully saturated rings. The van der Waals surface area contributed by atoms with Gasteiger partial charge in [0.25, 0.3) is 0 Å². The lowest BCUT2D eigenvalue weighted by molar-refractivity contribution is 0.504. The molecule has 30 heavy (non-hydrogen) atoms. The standard InChI is InChI=1S/C10H7N3.C10H13N.C6H12/c11-6-7-5-9(12)8-3-1-2-4-10(8)13-7;1-3-9-4-6-10(7-5-9)8(2)11;1-2-4-6-5-3-1/h1-5H,(H2,12,13);4-7H,2-3,11H2,1H3;1-6H2. The molecule has 0 atom stereocenters. The molecule has 4 rings (SSSR count). The van der Waals surface area contributed by atoms with Gasteiger partial charge in [0, 0.05) is 16.8 Å². The van der Waals surface area contributed by atoms with Gasteiger partial charge in [0.15, 0.2) is 0 Å². The zero-order valence-corrected chi connectivity index (χ0v) is 17.9. The van der Waals surface area contributed by atoms with Crippen LogP contribution in [0.1, 0.15) is 62.3 Å². The maximum atomic E-state index is 8.65. The van der Waals surface area contributed by atoms with Gasteiger partial charge in [-0.2, -0.15) is 5.26 Å². The zero-order chi connectivity index (χ0) is 21.8. The van der Waals surface area contributed by atoms with E-state index in [1.54, 1.807) is 6.07 Å². The number of nitrogens with two attached hydrogens (primary N) is 2. The number of nitrogens with zero attached hydrogens (tertiary/aromatic N) is 2. The second-order valence-corrected chi connectivity index (χ2v) is 7.42. The van der Waals surface area contributed by atoms with Gasteiger partial charge in [0.1, 0.15) is 11.8 Å². The van der Waals surface area contributed by atoms with Crippen LogP contribution in [-0.2, 0) is 6.42 Å². The van der Waals surface area contributed by atoms with E-state index in [1.807, 2.05) is 42.5 Å². The third kappa shape index (κ3) is 7.25. The molecule has 2 aromatic carbocycles. The molecule has 0 aliphatic heterocycles. The van der Waals surface area contributed by atoms with E-state index >= 15 is 0 Å². The Morgan fingerprint density at radius 1 is 1.00 bits per heavy atom. The number of aromatic nitrogens is 1. The molecule has 3 aromatic rings. The third-order valence-electron chi connectivity index (χ3n) is 5.10. The van der Waals surface area contributed by atoms with Gasteiger partial charge in [-0.05, 0) is 29.7 Å². The fraction of sp³-hybridized carbons (Fsp3) is 0.308. The van der Waals surface area contributed by atoms with E-state index in [0.717, 1.165) is 22.9 Å². The van der Waals surface area contributed by atoms with Crippen LogP contribution in [0.3, 0.4) is 0 Å². The highest BCUT2D eigenvalue weighted by molar-refractivity contribution is 5.90. The lowest BCUT2D eigenvalue weighted by atomic mass is 10.0. The number of para-hydroxylation sites is 1. The first-order chi connectivity index (χ1) is 14.5. The van der Waals surface area contributed by atoms with Crippen molar-refractivity contribution in [3.05, 3.63) is 78.0 Å². The number of anilines is 1. The topological polar surface area (TPSA) is 88.7 Å². The predicted molar refractivity (Wildman–Crippen MR) is 128 cm³/mol. The molecule has 0 spiro atoms. The highest BCUT2D eigenvalue weighted by atomic mass is 14.7. The summed E-state index contributed by atoms with van der Waals surface area (Å²) in [6.07, 6.45) is 10.1. The number of aryl methyl sites for hydroxylation is 1. The van der Waals surface area contributed by atoms with Crippen LogP contribution in [0.15, 0.2) is 61.2 Å². The highest BCUT2D eigenvalue weighted by Crippen LogP contribution is 2.19. The van der Waals surface area contributed by atoms with Crippen LogP contribution in [-0.4, -0.2) is 4.98 Å². The van der Waals surface area contributed by atoms with Gasteiger partial charge in [0.05, 0.1) is 5.52 Å². The molecule has 1 heterocycles. The fourth-order valence-electron chi connectivity index (χ4n) is 3.27. The number of nitrogen functional groups attached to an aromatic ring is 1.